The van der Waals surface area contributed by atoms with Gasteiger partial charge in [-0.05, 0) is 42.0 Å². The zero-order valence-corrected chi connectivity index (χ0v) is 14.9. The predicted octanol–water partition coefficient (Wildman–Crippen LogP) is 3.62. The average Bonchev–Trinajstić information content (AvgIpc) is 2.42. The minimum absolute atomic E-state index is 0.00938. The first-order valence-corrected chi connectivity index (χ1v) is 8.44. The molecule has 0 bridgehead atoms. The zero-order chi connectivity index (χ0) is 15.6. The number of carbonyl (C=O) groups is 1. The number of aryl methyl sites for hydroxylation is 1. The molecule has 1 aliphatic heterocycles. The summed E-state index contributed by atoms with van der Waals surface area (Å²) in [7, 11) is 0. The average molecular weight is 374 g/mol. The van der Waals surface area contributed by atoms with Gasteiger partial charge in [0.2, 0.25) is 5.91 Å². The highest BCUT2D eigenvalue weighted by Gasteiger charge is 2.35. The van der Waals surface area contributed by atoms with Gasteiger partial charge in [0.1, 0.15) is 0 Å². The molecule has 21 heavy (non-hydrogen) atoms. The molecule has 1 aliphatic rings. The molecule has 0 saturated carbocycles. The van der Waals surface area contributed by atoms with Crippen LogP contribution in [0.4, 0.5) is 0 Å². The number of hydrogen-bond acceptors (Lipinski definition) is 2. The second kappa shape index (κ2) is 6.67. The summed E-state index contributed by atoms with van der Waals surface area (Å²) < 4.78 is 1.00. The Morgan fingerprint density at radius 2 is 2.24 bits per heavy atom. The highest BCUT2D eigenvalue weighted by molar-refractivity contribution is 9.10. The molecule has 116 valence electrons. The van der Waals surface area contributed by atoms with Crippen molar-refractivity contribution in [2.45, 2.75) is 39.2 Å². The maximum absolute atomic E-state index is 12.4. The second-order valence-corrected chi connectivity index (χ2v) is 7.73. The van der Waals surface area contributed by atoms with Crippen LogP contribution in [0.2, 0.25) is 5.02 Å². The van der Waals surface area contributed by atoms with Gasteiger partial charge in [-0.1, -0.05) is 41.4 Å². The van der Waals surface area contributed by atoms with E-state index in [9.17, 15) is 4.79 Å². The third kappa shape index (κ3) is 4.21. The van der Waals surface area contributed by atoms with Crippen molar-refractivity contribution in [3.8, 4) is 0 Å². The molecule has 1 atom stereocenters. The molecule has 2 N–H and O–H groups in total. The summed E-state index contributed by atoms with van der Waals surface area (Å²) in [5.41, 5.74) is 7.18. The molecule has 1 amide bonds. The molecule has 3 nitrogen and oxygen atoms in total. The SMILES string of the molecule is CC1(C)CN(C(=O)CCc2cc(Cl)ccc2Br)CCC1N. The predicted molar refractivity (Wildman–Crippen MR) is 90.4 cm³/mol. The summed E-state index contributed by atoms with van der Waals surface area (Å²) in [6, 6.07) is 5.84. The number of benzene rings is 1. The lowest BCUT2D eigenvalue weighted by molar-refractivity contribution is -0.134. The van der Waals surface area contributed by atoms with Gasteiger partial charge in [0.25, 0.3) is 0 Å². The van der Waals surface area contributed by atoms with Gasteiger partial charge in [-0.2, -0.15) is 0 Å². The van der Waals surface area contributed by atoms with Crippen molar-refractivity contribution >= 4 is 33.4 Å². The van der Waals surface area contributed by atoms with Crippen LogP contribution in [-0.4, -0.2) is 29.9 Å². The highest BCUT2D eigenvalue weighted by Crippen LogP contribution is 2.28. The van der Waals surface area contributed by atoms with E-state index < -0.39 is 0 Å². The first kappa shape index (κ1) is 16.8. The fourth-order valence-corrected chi connectivity index (χ4v) is 3.36. The Kier molecular flexibility index (Phi) is 5.33. The first-order chi connectivity index (χ1) is 9.79. The van der Waals surface area contributed by atoms with Crippen LogP contribution < -0.4 is 5.73 Å². The molecular weight excluding hydrogens is 352 g/mol. The van der Waals surface area contributed by atoms with Crippen molar-refractivity contribution in [1.82, 2.24) is 4.90 Å². The minimum atomic E-state index is -0.00938. The molecule has 0 spiro atoms. The van der Waals surface area contributed by atoms with Crippen LogP contribution in [0.25, 0.3) is 0 Å². The summed E-state index contributed by atoms with van der Waals surface area (Å²) in [6.07, 6.45) is 2.08. The number of nitrogens with two attached hydrogens (primary N) is 1. The molecule has 1 heterocycles. The van der Waals surface area contributed by atoms with Crippen LogP contribution in [0.15, 0.2) is 22.7 Å². The van der Waals surface area contributed by atoms with E-state index >= 15 is 0 Å². The van der Waals surface area contributed by atoms with Crippen molar-refractivity contribution in [2.75, 3.05) is 13.1 Å². The Morgan fingerprint density at radius 1 is 1.52 bits per heavy atom. The van der Waals surface area contributed by atoms with Crippen molar-refractivity contribution in [3.63, 3.8) is 0 Å². The summed E-state index contributed by atoms with van der Waals surface area (Å²) in [4.78, 5) is 14.3. The molecular formula is C16H22BrClN2O. The van der Waals surface area contributed by atoms with Gasteiger partial charge >= 0.3 is 0 Å². The largest absolute Gasteiger partial charge is 0.342 e. The van der Waals surface area contributed by atoms with Gasteiger partial charge < -0.3 is 10.6 Å². The molecule has 0 aromatic heterocycles. The standard InChI is InChI=1S/C16H22BrClN2O/c1-16(2)10-20(8-7-14(16)19)15(21)6-3-11-9-12(18)4-5-13(11)17/h4-5,9,14H,3,6-8,10,19H2,1-2H3. The Labute approximate surface area is 140 Å². The van der Waals surface area contributed by atoms with Crippen LogP contribution in [0, 0.1) is 5.41 Å². The lowest BCUT2D eigenvalue weighted by atomic mass is 9.79. The molecule has 0 aliphatic carbocycles. The number of amides is 1. The molecule has 1 aromatic carbocycles. The van der Waals surface area contributed by atoms with Gasteiger partial charge in [0.15, 0.2) is 0 Å². The van der Waals surface area contributed by atoms with Crippen LogP contribution in [0.1, 0.15) is 32.3 Å². The number of likely N-dealkylation sites (tertiary alicyclic amines) is 1. The van der Waals surface area contributed by atoms with E-state index in [0.29, 0.717) is 17.9 Å². The lowest BCUT2D eigenvalue weighted by Gasteiger charge is -2.42. The molecule has 2 rings (SSSR count). The number of carbonyl (C=O) groups excluding carboxylic acids is 1. The number of hydrogen-bond donors (Lipinski definition) is 1. The van der Waals surface area contributed by atoms with Gasteiger partial charge in [-0.25, -0.2) is 0 Å². The molecule has 1 saturated heterocycles. The van der Waals surface area contributed by atoms with Crippen molar-refractivity contribution in [3.05, 3.63) is 33.3 Å². The topological polar surface area (TPSA) is 46.3 Å². The quantitative estimate of drug-likeness (QED) is 0.879. The maximum atomic E-state index is 12.4. The Hall–Kier alpha value is -0.580. The fourth-order valence-electron chi connectivity index (χ4n) is 2.72. The van der Waals surface area contributed by atoms with Gasteiger partial charge in [0.05, 0.1) is 0 Å². The number of nitrogens with zero attached hydrogens (tertiary/aromatic N) is 1. The Balaban J connectivity index is 1.95. The normalized spacial score (nSPS) is 21.4. The molecule has 1 aromatic rings. The van der Waals surface area contributed by atoms with E-state index in [2.05, 4.69) is 29.8 Å². The Morgan fingerprint density at radius 3 is 2.90 bits per heavy atom. The zero-order valence-electron chi connectivity index (χ0n) is 12.5. The third-order valence-corrected chi connectivity index (χ3v) is 5.29. The summed E-state index contributed by atoms with van der Waals surface area (Å²) in [5.74, 6) is 0.196. The van der Waals surface area contributed by atoms with Crippen LogP contribution >= 0.6 is 27.5 Å². The number of halogens is 2. The van der Waals surface area contributed by atoms with E-state index in [0.717, 1.165) is 29.5 Å². The second-order valence-electron chi connectivity index (χ2n) is 6.43. The van der Waals surface area contributed by atoms with Gasteiger partial charge in [0, 0.05) is 35.0 Å². The van der Waals surface area contributed by atoms with Crippen LogP contribution in [0.5, 0.6) is 0 Å². The fraction of sp³-hybridized carbons (Fsp3) is 0.562. The van der Waals surface area contributed by atoms with E-state index in [-0.39, 0.29) is 17.4 Å². The lowest BCUT2D eigenvalue weighted by Crippen LogP contribution is -2.54. The van der Waals surface area contributed by atoms with Crippen LogP contribution in [0.3, 0.4) is 0 Å². The molecule has 0 radical (unpaired) electrons. The first-order valence-electron chi connectivity index (χ1n) is 7.27. The van der Waals surface area contributed by atoms with Crippen molar-refractivity contribution < 1.29 is 4.79 Å². The number of piperidine rings is 1. The van der Waals surface area contributed by atoms with E-state index in [1.165, 1.54) is 0 Å². The van der Waals surface area contributed by atoms with E-state index in [4.69, 9.17) is 17.3 Å². The van der Waals surface area contributed by atoms with Crippen LogP contribution in [-0.2, 0) is 11.2 Å². The van der Waals surface area contributed by atoms with E-state index in [1.807, 2.05) is 23.1 Å². The molecule has 1 unspecified atom stereocenters. The van der Waals surface area contributed by atoms with Crippen molar-refractivity contribution in [2.24, 2.45) is 11.1 Å². The number of rotatable bonds is 3. The van der Waals surface area contributed by atoms with Gasteiger partial charge in [-0.3, -0.25) is 4.79 Å². The summed E-state index contributed by atoms with van der Waals surface area (Å²) >= 11 is 9.51. The highest BCUT2D eigenvalue weighted by atomic mass is 79.9. The monoisotopic (exact) mass is 372 g/mol. The Bertz CT molecular complexity index is 533. The maximum Gasteiger partial charge on any atom is 0.222 e. The summed E-state index contributed by atoms with van der Waals surface area (Å²) in [6.45, 7) is 5.76. The van der Waals surface area contributed by atoms with Crippen molar-refractivity contribution in [1.29, 1.82) is 0 Å². The van der Waals surface area contributed by atoms with Gasteiger partial charge in [-0.15, -0.1) is 0 Å². The van der Waals surface area contributed by atoms with E-state index in [1.54, 1.807) is 0 Å². The minimum Gasteiger partial charge on any atom is -0.342 e. The third-order valence-electron chi connectivity index (χ3n) is 4.28. The molecule has 1 fully saturated rings. The summed E-state index contributed by atoms with van der Waals surface area (Å²) in [5, 5.41) is 0.700. The smallest absolute Gasteiger partial charge is 0.222 e. The molecule has 5 heteroatoms.